The Labute approximate surface area is 103 Å². The summed E-state index contributed by atoms with van der Waals surface area (Å²) in [5.41, 5.74) is 1.88. The summed E-state index contributed by atoms with van der Waals surface area (Å²) in [6, 6.07) is 7.47. The molecule has 1 fully saturated rings. The summed E-state index contributed by atoms with van der Waals surface area (Å²) in [5.74, 6) is -0.0977. The molecule has 0 bridgehead atoms. The number of rotatable bonds is 0. The number of nitrogens with one attached hydrogen (secondary N) is 1. The standard InChI is InChI=1S/C14H12N2O2/c17-13-8-4-1-2-5-9(8)15-12-10-6-3-7-16(10)14(18)11(12)13/h1-2,4-5,10H,3,6-7H2,(H,15,17)/t10-/m1/s1. The zero-order valence-electron chi connectivity index (χ0n) is 9.77. The molecular formula is C14H12N2O2. The van der Waals surface area contributed by atoms with Crippen LogP contribution in [0, 0.1) is 0 Å². The van der Waals surface area contributed by atoms with Gasteiger partial charge in [0, 0.05) is 17.4 Å². The molecule has 3 heterocycles. The van der Waals surface area contributed by atoms with Crippen molar-refractivity contribution in [3.63, 3.8) is 0 Å². The topological polar surface area (TPSA) is 53.2 Å². The van der Waals surface area contributed by atoms with Crippen LogP contribution in [0.1, 0.15) is 34.9 Å². The third-order valence-electron chi connectivity index (χ3n) is 4.00. The number of nitrogens with zero attached hydrogens (tertiary/aromatic N) is 1. The van der Waals surface area contributed by atoms with Crippen LogP contribution in [0.5, 0.6) is 0 Å². The normalized spacial score (nSPS) is 21.4. The van der Waals surface area contributed by atoms with Crippen LogP contribution in [0.3, 0.4) is 0 Å². The summed E-state index contributed by atoms with van der Waals surface area (Å²) >= 11 is 0. The molecule has 90 valence electrons. The van der Waals surface area contributed by atoms with Gasteiger partial charge in [0.1, 0.15) is 5.56 Å². The van der Waals surface area contributed by atoms with Crippen molar-refractivity contribution >= 4 is 16.8 Å². The second-order valence-corrected chi connectivity index (χ2v) is 4.94. The Morgan fingerprint density at radius 2 is 2.06 bits per heavy atom. The lowest BCUT2D eigenvalue weighted by Crippen LogP contribution is -2.25. The van der Waals surface area contributed by atoms with Crippen LogP contribution >= 0.6 is 0 Å². The molecule has 0 aliphatic carbocycles. The molecule has 0 spiro atoms. The van der Waals surface area contributed by atoms with Gasteiger partial charge in [-0.15, -0.1) is 0 Å². The number of hydrogen-bond donors (Lipinski definition) is 1. The maximum atomic E-state index is 12.4. The summed E-state index contributed by atoms with van der Waals surface area (Å²) in [6.45, 7) is 0.766. The summed E-state index contributed by atoms with van der Waals surface area (Å²) in [7, 11) is 0. The van der Waals surface area contributed by atoms with Crippen LogP contribution in [-0.2, 0) is 0 Å². The van der Waals surface area contributed by atoms with Crippen molar-refractivity contribution in [1.82, 2.24) is 9.88 Å². The van der Waals surface area contributed by atoms with Crippen molar-refractivity contribution in [3.05, 3.63) is 45.7 Å². The monoisotopic (exact) mass is 240 g/mol. The molecular weight excluding hydrogens is 228 g/mol. The Bertz CT molecular complexity index is 732. The number of carbonyl (C=O) groups is 1. The highest BCUT2D eigenvalue weighted by Gasteiger charge is 2.42. The van der Waals surface area contributed by atoms with Crippen LogP contribution in [0.25, 0.3) is 10.9 Å². The molecule has 0 unspecified atom stereocenters. The summed E-state index contributed by atoms with van der Waals surface area (Å²) in [6.07, 6.45) is 1.97. The van der Waals surface area contributed by atoms with Gasteiger partial charge in [-0.25, -0.2) is 0 Å². The fourth-order valence-electron chi connectivity index (χ4n) is 3.17. The zero-order valence-corrected chi connectivity index (χ0v) is 9.77. The highest BCUT2D eigenvalue weighted by molar-refractivity contribution is 6.01. The number of carbonyl (C=O) groups excluding carboxylic acids is 1. The van der Waals surface area contributed by atoms with Gasteiger partial charge in [-0.2, -0.15) is 0 Å². The van der Waals surface area contributed by atoms with E-state index in [1.165, 1.54) is 0 Å². The van der Waals surface area contributed by atoms with E-state index in [1.807, 2.05) is 23.1 Å². The number of benzene rings is 1. The minimum Gasteiger partial charge on any atom is -0.356 e. The number of para-hydroxylation sites is 1. The van der Waals surface area contributed by atoms with Crippen LogP contribution in [-0.4, -0.2) is 22.3 Å². The summed E-state index contributed by atoms with van der Waals surface area (Å²) in [5, 5.41) is 0.603. The van der Waals surface area contributed by atoms with Gasteiger partial charge in [0.05, 0.1) is 11.7 Å². The largest absolute Gasteiger partial charge is 0.356 e. The van der Waals surface area contributed by atoms with Crippen molar-refractivity contribution in [2.45, 2.75) is 18.9 Å². The maximum absolute atomic E-state index is 12.4. The van der Waals surface area contributed by atoms with E-state index in [2.05, 4.69) is 4.98 Å². The number of hydrogen-bond acceptors (Lipinski definition) is 2. The lowest BCUT2D eigenvalue weighted by atomic mass is 10.1. The van der Waals surface area contributed by atoms with E-state index in [-0.39, 0.29) is 17.4 Å². The van der Waals surface area contributed by atoms with Crippen molar-refractivity contribution in [1.29, 1.82) is 0 Å². The SMILES string of the molecule is O=C1c2c([nH]c3ccccc3c2=O)[C@H]2CCCN12. The molecule has 2 aromatic rings. The van der Waals surface area contributed by atoms with Gasteiger partial charge in [-0.05, 0) is 25.0 Å². The number of amides is 1. The average Bonchev–Trinajstić information content (AvgIpc) is 2.95. The van der Waals surface area contributed by atoms with Crippen LogP contribution in [0.2, 0.25) is 0 Å². The van der Waals surface area contributed by atoms with E-state index in [0.29, 0.717) is 10.9 Å². The fraction of sp³-hybridized carbons (Fsp3) is 0.286. The van der Waals surface area contributed by atoms with E-state index in [4.69, 9.17) is 0 Å². The van der Waals surface area contributed by atoms with Gasteiger partial charge in [-0.1, -0.05) is 12.1 Å². The molecule has 1 saturated heterocycles. The Hall–Kier alpha value is -2.10. The third kappa shape index (κ3) is 1.05. The van der Waals surface area contributed by atoms with E-state index < -0.39 is 0 Å². The molecule has 0 radical (unpaired) electrons. The quantitative estimate of drug-likeness (QED) is 0.763. The molecule has 1 amide bonds. The number of fused-ring (bicyclic) bond motifs is 4. The molecule has 1 N–H and O–H groups in total. The first-order valence-corrected chi connectivity index (χ1v) is 6.23. The predicted octanol–water partition coefficient (Wildman–Crippen LogP) is 1.82. The number of pyridine rings is 1. The first kappa shape index (κ1) is 9.88. The Morgan fingerprint density at radius 1 is 1.22 bits per heavy atom. The minimum atomic E-state index is -0.126. The van der Waals surface area contributed by atoms with E-state index in [1.54, 1.807) is 6.07 Å². The van der Waals surface area contributed by atoms with Crippen LogP contribution < -0.4 is 5.43 Å². The van der Waals surface area contributed by atoms with Gasteiger partial charge in [0.25, 0.3) is 5.91 Å². The highest BCUT2D eigenvalue weighted by Crippen LogP contribution is 2.39. The minimum absolute atomic E-state index is 0.0878. The lowest BCUT2D eigenvalue weighted by Gasteiger charge is -2.14. The highest BCUT2D eigenvalue weighted by atomic mass is 16.2. The van der Waals surface area contributed by atoms with Gasteiger partial charge in [-0.3, -0.25) is 9.59 Å². The Kier molecular flexibility index (Phi) is 1.77. The first-order valence-electron chi connectivity index (χ1n) is 6.23. The first-order chi connectivity index (χ1) is 8.77. The Balaban J connectivity index is 2.11. The van der Waals surface area contributed by atoms with Crippen molar-refractivity contribution < 1.29 is 4.79 Å². The van der Waals surface area contributed by atoms with Crippen molar-refractivity contribution in [2.75, 3.05) is 6.54 Å². The van der Waals surface area contributed by atoms with Gasteiger partial charge >= 0.3 is 0 Å². The molecule has 1 aromatic carbocycles. The van der Waals surface area contributed by atoms with Crippen LogP contribution in [0.4, 0.5) is 0 Å². The van der Waals surface area contributed by atoms with Crippen molar-refractivity contribution in [3.8, 4) is 0 Å². The second kappa shape index (κ2) is 3.22. The molecule has 4 nitrogen and oxygen atoms in total. The number of aromatic amines is 1. The molecule has 1 aromatic heterocycles. The average molecular weight is 240 g/mol. The number of H-pyrrole nitrogens is 1. The van der Waals surface area contributed by atoms with E-state index in [9.17, 15) is 9.59 Å². The molecule has 2 aliphatic heterocycles. The molecule has 18 heavy (non-hydrogen) atoms. The van der Waals surface area contributed by atoms with Gasteiger partial charge in [0.2, 0.25) is 5.43 Å². The molecule has 0 saturated carbocycles. The van der Waals surface area contributed by atoms with Gasteiger partial charge in [0.15, 0.2) is 0 Å². The molecule has 1 atom stereocenters. The smallest absolute Gasteiger partial charge is 0.260 e. The third-order valence-corrected chi connectivity index (χ3v) is 4.00. The Morgan fingerprint density at radius 3 is 2.94 bits per heavy atom. The molecule has 4 heteroatoms. The van der Waals surface area contributed by atoms with E-state index >= 15 is 0 Å². The summed E-state index contributed by atoms with van der Waals surface area (Å²) < 4.78 is 0. The van der Waals surface area contributed by atoms with Gasteiger partial charge < -0.3 is 9.88 Å². The summed E-state index contributed by atoms with van der Waals surface area (Å²) in [4.78, 5) is 29.8. The maximum Gasteiger partial charge on any atom is 0.260 e. The molecule has 2 aliphatic rings. The lowest BCUT2D eigenvalue weighted by molar-refractivity contribution is 0.0775. The van der Waals surface area contributed by atoms with E-state index in [0.717, 1.165) is 30.6 Å². The van der Waals surface area contributed by atoms with Crippen molar-refractivity contribution in [2.24, 2.45) is 0 Å². The predicted molar refractivity (Wildman–Crippen MR) is 67.6 cm³/mol. The number of aromatic nitrogens is 1. The second-order valence-electron chi connectivity index (χ2n) is 4.94. The van der Waals surface area contributed by atoms with Crippen LogP contribution in [0.15, 0.2) is 29.1 Å². The molecule has 4 rings (SSSR count). The fourth-order valence-corrected chi connectivity index (χ4v) is 3.17. The zero-order chi connectivity index (χ0) is 12.3.